The van der Waals surface area contributed by atoms with Crippen LogP contribution in [0.5, 0.6) is 0 Å². The van der Waals surface area contributed by atoms with Gasteiger partial charge in [0, 0.05) is 0 Å². The predicted octanol–water partition coefficient (Wildman–Crippen LogP) is 1.63. The maximum atomic E-state index is 13.4. The van der Waals surface area contributed by atoms with E-state index in [1.807, 2.05) is 0 Å². The number of aromatic amines is 1. The predicted molar refractivity (Wildman–Crippen MR) is 54.4 cm³/mol. The van der Waals surface area contributed by atoms with E-state index in [2.05, 4.69) is 15.2 Å². The molecule has 1 aromatic carbocycles. The molecule has 0 fully saturated rings. The Morgan fingerprint density at radius 1 is 1.40 bits per heavy atom. The third-order valence-electron chi connectivity index (χ3n) is 2.05. The van der Waals surface area contributed by atoms with Crippen molar-refractivity contribution >= 4 is 0 Å². The highest BCUT2D eigenvalue weighted by atomic mass is 19.1. The van der Waals surface area contributed by atoms with Crippen LogP contribution in [0.1, 0.15) is 18.8 Å². The van der Waals surface area contributed by atoms with Crippen LogP contribution >= 0.6 is 0 Å². The number of H-pyrrole nitrogens is 1. The van der Waals surface area contributed by atoms with Crippen molar-refractivity contribution in [1.82, 2.24) is 15.2 Å². The molecular formula is C10H11FN4. The second kappa shape index (κ2) is 3.78. The zero-order chi connectivity index (χ0) is 10.8. The topological polar surface area (TPSA) is 67.6 Å². The lowest BCUT2D eigenvalue weighted by atomic mass is 10.2. The van der Waals surface area contributed by atoms with Crippen molar-refractivity contribution in [2.45, 2.75) is 13.0 Å². The fraction of sp³-hybridized carbons (Fsp3) is 0.200. The van der Waals surface area contributed by atoms with Crippen LogP contribution in [-0.2, 0) is 0 Å². The number of nitrogens with two attached hydrogens (primary N) is 1. The molecule has 0 aliphatic rings. The molecule has 0 aliphatic carbocycles. The van der Waals surface area contributed by atoms with Crippen molar-refractivity contribution in [3.63, 3.8) is 0 Å². The Bertz CT molecular complexity index is 464. The monoisotopic (exact) mass is 206 g/mol. The van der Waals surface area contributed by atoms with Gasteiger partial charge in [0.05, 0.1) is 11.6 Å². The van der Waals surface area contributed by atoms with Gasteiger partial charge in [0.15, 0.2) is 5.82 Å². The number of hydrogen-bond donors (Lipinski definition) is 2. The summed E-state index contributed by atoms with van der Waals surface area (Å²) in [5.74, 6) is 0.543. The molecule has 1 unspecified atom stereocenters. The van der Waals surface area contributed by atoms with Gasteiger partial charge in [-0.05, 0) is 19.1 Å². The minimum Gasteiger partial charge on any atom is -0.322 e. The molecule has 5 heteroatoms. The van der Waals surface area contributed by atoms with Gasteiger partial charge in [-0.1, -0.05) is 12.1 Å². The van der Waals surface area contributed by atoms with Gasteiger partial charge in [-0.25, -0.2) is 9.37 Å². The van der Waals surface area contributed by atoms with E-state index in [1.54, 1.807) is 25.1 Å². The molecule has 1 atom stereocenters. The molecule has 0 bridgehead atoms. The first kappa shape index (κ1) is 9.79. The Hall–Kier alpha value is -1.75. The molecule has 1 aromatic heterocycles. The van der Waals surface area contributed by atoms with Gasteiger partial charge in [-0.3, -0.25) is 5.10 Å². The number of nitrogens with one attached hydrogen (secondary N) is 1. The average Bonchev–Trinajstić information content (AvgIpc) is 2.67. The number of benzene rings is 1. The standard InChI is InChI=1S/C10H11FN4/c1-6(12)9-13-10(15-14-9)7-4-2-3-5-8(7)11/h2-6H,12H2,1H3,(H,13,14,15). The maximum absolute atomic E-state index is 13.4. The number of aromatic nitrogens is 3. The number of hydrogen-bond acceptors (Lipinski definition) is 3. The first-order chi connectivity index (χ1) is 7.18. The van der Waals surface area contributed by atoms with Crippen molar-refractivity contribution < 1.29 is 4.39 Å². The largest absolute Gasteiger partial charge is 0.322 e. The van der Waals surface area contributed by atoms with E-state index in [1.165, 1.54) is 6.07 Å². The van der Waals surface area contributed by atoms with Crippen LogP contribution < -0.4 is 5.73 Å². The SMILES string of the molecule is CC(N)c1nc(-c2ccccc2F)n[nH]1. The Labute approximate surface area is 86.3 Å². The number of rotatable bonds is 2. The van der Waals surface area contributed by atoms with Crippen LogP contribution in [0.4, 0.5) is 4.39 Å². The lowest BCUT2D eigenvalue weighted by Gasteiger charge is -1.97. The highest BCUT2D eigenvalue weighted by Gasteiger charge is 2.11. The molecule has 2 rings (SSSR count). The summed E-state index contributed by atoms with van der Waals surface area (Å²) in [6.45, 7) is 1.78. The smallest absolute Gasteiger partial charge is 0.184 e. The summed E-state index contributed by atoms with van der Waals surface area (Å²) < 4.78 is 13.4. The van der Waals surface area contributed by atoms with Crippen molar-refractivity contribution in [3.8, 4) is 11.4 Å². The summed E-state index contributed by atoms with van der Waals surface area (Å²) in [5.41, 5.74) is 5.99. The van der Waals surface area contributed by atoms with Gasteiger partial charge < -0.3 is 5.73 Å². The summed E-state index contributed by atoms with van der Waals surface area (Å²) in [7, 11) is 0. The second-order valence-corrected chi connectivity index (χ2v) is 3.31. The molecule has 4 nitrogen and oxygen atoms in total. The van der Waals surface area contributed by atoms with E-state index < -0.39 is 0 Å². The van der Waals surface area contributed by atoms with Gasteiger partial charge in [-0.2, -0.15) is 5.10 Å². The third kappa shape index (κ3) is 1.87. The Balaban J connectivity index is 2.42. The molecule has 2 aromatic rings. The fourth-order valence-corrected chi connectivity index (χ4v) is 1.24. The van der Waals surface area contributed by atoms with Crippen LogP contribution in [0.2, 0.25) is 0 Å². The van der Waals surface area contributed by atoms with E-state index in [0.717, 1.165) is 0 Å². The van der Waals surface area contributed by atoms with E-state index >= 15 is 0 Å². The van der Waals surface area contributed by atoms with Gasteiger partial charge in [0.1, 0.15) is 11.6 Å². The van der Waals surface area contributed by atoms with Gasteiger partial charge in [0.25, 0.3) is 0 Å². The minimum absolute atomic E-state index is 0.238. The van der Waals surface area contributed by atoms with Crippen LogP contribution in [0, 0.1) is 5.82 Å². The summed E-state index contributed by atoms with van der Waals surface area (Å²) in [5, 5.41) is 6.59. The van der Waals surface area contributed by atoms with Crippen LogP contribution in [0.15, 0.2) is 24.3 Å². The van der Waals surface area contributed by atoms with E-state index in [9.17, 15) is 4.39 Å². The lowest BCUT2D eigenvalue weighted by Crippen LogP contribution is -2.06. The molecule has 15 heavy (non-hydrogen) atoms. The first-order valence-electron chi connectivity index (χ1n) is 4.61. The Morgan fingerprint density at radius 3 is 2.73 bits per heavy atom. The summed E-state index contributed by atoms with van der Waals surface area (Å²) >= 11 is 0. The fourth-order valence-electron chi connectivity index (χ4n) is 1.24. The van der Waals surface area contributed by atoms with Gasteiger partial charge in [0.2, 0.25) is 0 Å². The molecule has 0 aliphatic heterocycles. The molecule has 78 valence electrons. The Kier molecular flexibility index (Phi) is 2.47. The molecule has 1 heterocycles. The molecule has 0 amide bonds. The molecular weight excluding hydrogens is 195 g/mol. The molecule has 0 spiro atoms. The zero-order valence-corrected chi connectivity index (χ0v) is 8.24. The quantitative estimate of drug-likeness (QED) is 0.784. The zero-order valence-electron chi connectivity index (χ0n) is 8.24. The molecule has 0 radical (unpaired) electrons. The van der Waals surface area contributed by atoms with Gasteiger partial charge in [-0.15, -0.1) is 0 Å². The van der Waals surface area contributed by atoms with E-state index in [0.29, 0.717) is 17.2 Å². The van der Waals surface area contributed by atoms with Crippen LogP contribution in [-0.4, -0.2) is 15.2 Å². The first-order valence-corrected chi connectivity index (χ1v) is 4.61. The molecule has 0 saturated carbocycles. The Morgan fingerprint density at radius 2 is 2.13 bits per heavy atom. The van der Waals surface area contributed by atoms with Crippen LogP contribution in [0.3, 0.4) is 0 Å². The number of nitrogens with zero attached hydrogens (tertiary/aromatic N) is 2. The van der Waals surface area contributed by atoms with Gasteiger partial charge >= 0.3 is 0 Å². The van der Waals surface area contributed by atoms with E-state index in [4.69, 9.17) is 5.73 Å². The van der Waals surface area contributed by atoms with Crippen molar-refractivity contribution in [3.05, 3.63) is 35.9 Å². The number of halogens is 1. The second-order valence-electron chi connectivity index (χ2n) is 3.31. The highest BCUT2D eigenvalue weighted by molar-refractivity contribution is 5.55. The average molecular weight is 206 g/mol. The maximum Gasteiger partial charge on any atom is 0.184 e. The third-order valence-corrected chi connectivity index (χ3v) is 2.05. The lowest BCUT2D eigenvalue weighted by molar-refractivity contribution is 0.630. The molecule has 3 N–H and O–H groups in total. The van der Waals surface area contributed by atoms with Crippen molar-refractivity contribution in [2.75, 3.05) is 0 Å². The van der Waals surface area contributed by atoms with Crippen molar-refractivity contribution in [2.24, 2.45) is 5.73 Å². The molecule has 0 saturated heterocycles. The summed E-state index contributed by atoms with van der Waals surface area (Å²) in [6, 6.07) is 6.12. The van der Waals surface area contributed by atoms with E-state index in [-0.39, 0.29) is 11.9 Å². The minimum atomic E-state index is -0.340. The van der Waals surface area contributed by atoms with Crippen molar-refractivity contribution in [1.29, 1.82) is 0 Å². The highest BCUT2D eigenvalue weighted by Crippen LogP contribution is 2.19. The summed E-state index contributed by atoms with van der Waals surface area (Å²) in [4.78, 5) is 4.11. The summed E-state index contributed by atoms with van der Waals surface area (Å²) in [6.07, 6.45) is 0. The van der Waals surface area contributed by atoms with Crippen LogP contribution in [0.25, 0.3) is 11.4 Å². The normalized spacial score (nSPS) is 12.7.